The Morgan fingerprint density at radius 3 is 2.89 bits per heavy atom. The van der Waals surface area contributed by atoms with E-state index >= 15 is 0 Å². The van der Waals surface area contributed by atoms with Crippen molar-refractivity contribution in [2.45, 2.75) is 37.7 Å². The van der Waals surface area contributed by atoms with Crippen molar-refractivity contribution in [3.63, 3.8) is 0 Å². The number of hydrogen-bond acceptors (Lipinski definition) is 4. The second kappa shape index (κ2) is 6.15. The molecule has 1 saturated heterocycles. The second-order valence-corrected chi connectivity index (χ2v) is 7.56. The lowest BCUT2D eigenvalue weighted by atomic mass is 10.2. The van der Waals surface area contributed by atoms with Gasteiger partial charge in [0.15, 0.2) is 0 Å². The van der Waals surface area contributed by atoms with Crippen LogP contribution in [-0.2, 0) is 15.6 Å². The minimum Gasteiger partial charge on any atom is -0.321 e. The van der Waals surface area contributed by atoms with Gasteiger partial charge < -0.3 is 4.90 Å². The summed E-state index contributed by atoms with van der Waals surface area (Å²) >= 11 is 1.63. The molecular formula is C13H20N2O2S2. The van der Waals surface area contributed by atoms with Gasteiger partial charge in [0.2, 0.25) is 5.91 Å². The van der Waals surface area contributed by atoms with Crippen LogP contribution >= 0.6 is 11.3 Å². The molecule has 0 bridgehead atoms. The van der Waals surface area contributed by atoms with Crippen molar-refractivity contribution in [1.82, 2.24) is 10.2 Å². The van der Waals surface area contributed by atoms with Crippen LogP contribution in [0.2, 0.25) is 0 Å². The Bertz CT molecular complexity index is 461. The molecule has 1 aliphatic rings. The maximum Gasteiger partial charge on any atom is 0.241 e. The summed E-state index contributed by atoms with van der Waals surface area (Å²) in [7, 11) is -0.835. The molecule has 0 radical (unpaired) electrons. The molecule has 0 aromatic carbocycles. The fourth-order valence-corrected chi connectivity index (χ4v) is 3.32. The van der Waals surface area contributed by atoms with Crippen molar-refractivity contribution in [3.8, 4) is 0 Å². The van der Waals surface area contributed by atoms with Gasteiger partial charge in [0, 0.05) is 28.9 Å². The summed E-state index contributed by atoms with van der Waals surface area (Å²) in [5, 5.41) is 7.52. The highest BCUT2D eigenvalue weighted by molar-refractivity contribution is 7.84. The summed E-state index contributed by atoms with van der Waals surface area (Å²) in [4.78, 5) is 14.1. The molecule has 1 aliphatic heterocycles. The van der Waals surface area contributed by atoms with Gasteiger partial charge in [-0.05, 0) is 35.7 Å². The Morgan fingerprint density at radius 2 is 2.32 bits per heavy atom. The quantitative estimate of drug-likeness (QED) is 0.901. The predicted octanol–water partition coefficient (Wildman–Crippen LogP) is 1.72. The van der Waals surface area contributed by atoms with Crippen LogP contribution in [0, 0.1) is 0 Å². The lowest BCUT2D eigenvalue weighted by Gasteiger charge is -2.24. The molecule has 1 aromatic heterocycles. The highest BCUT2D eigenvalue weighted by Crippen LogP contribution is 2.27. The van der Waals surface area contributed by atoms with Gasteiger partial charge in [-0.15, -0.1) is 0 Å². The van der Waals surface area contributed by atoms with Crippen LogP contribution < -0.4 is 5.32 Å². The number of nitrogens with zero attached hydrogens (tertiary/aromatic N) is 1. The Kier molecular flexibility index (Phi) is 4.76. The Morgan fingerprint density at radius 1 is 1.58 bits per heavy atom. The van der Waals surface area contributed by atoms with E-state index in [-0.39, 0.29) is 23.4 Å². The van der Waals surface area contributed by atoms with Crippen molar-refractivity contribution in [2.24, 2.45) is 0 Å². The van der Waals surface area contributed by atoms with E-state index < -0.39 is 10.8 Å². The lowest BCUT2D eigenvalue weighted by molar-refractivity contribution is -0.129. The van der Waals surface area contributed by atoms with Gasteiger partial charge in [-0.25, -0.2) is 0 Å². The number of thiophene rings is 1. The second-order valence-electron chi connectivity index (χ2n) is 4.98. The van der Waals surface area contributed by atoms with E-state index in [1.165, 1.54) is 0 Å². The normalized spacial score (nSPS) is 26.7. The molecule has 1 N–H and O–H groups in total. The predicted molar refractivity (Wildman–Crippen MR) is 79.5 cm³/mol. The van der Waals surface area contributed by atoms with Crippen LogP contribution in [0.3, 0.4) is 0 Å². The topological polar surface area (TPSA) is 49.4 Å². The maximum atomic E-state index is 12.2. The third-order valence-electron chi connectivity index (χ3n) is 3.58. The molecule has 0 saturated carbocycles. The maximum absolute atomic E-state index is 12.2. The molecule has 1 amide bonds. The van der Waals surface area contributed by atoms with Crippen LogP contribution in [0.5, 0.6) is 0 Å². The minimum atomic E-state index is -0.835. The number of amides is 1. The number of hydrogen-bond donors (Lipinski definition) is 1. The van der Waals surface area contributed by atoms with Gasteiger partial charge in [-0.3, -0.25) is 14.3 Å². The van der Waals surface area contributed by atoms with Crippen LogP contribution in [0.1, 0.15) is 32.0 Å². The largest absolute Gasteiger partial charge is 0.321 e. The number of rotatable bonds is 5. The first-order valence-corrected chi connectivity index (χ1v) is 8.98. The molecule has 0 spiro atoms. The summed E-state index contributed by atoms with van der Waals surface area (Å²) < 4.78 is 11.4. The molecule has 6 heteroatoms. The minimum absolute atomic E-state index is 0.0359. The molecule has 1 fully saturated rings. The Hall–Kier alpha value is -0.720. The van der Waals surface area contributed by atoms with Gasteiger partial charge in [-0.2, -0.15) is 11.3 Å². The average Bonchev–Trinajstić information content (AvgIpc) is 2.97. The van der Waals surface area contributed by atoms with Gasteiger partial charge in [0.1, 0.15) is 6.17 Å². The smallest absolute Gasteiger partial charge is 0.241 e. The van der Waals surface area contributed by atoms with Gasteiger partial charge >= 0.3 is 0 Å². The van der Waals surface area contributed by atoms with Crippen LogP contribution in [-0.4, -0.2) is 39.1 Å². The van der Waals surface area contributed by atoms with Crippen molar-refractivity contribution in [2.75, 3.05) is 12.8 Å². The zero-order valence-corrected chi connectivity index (χ0v) is 13.1. The van der Waals surface area contributed by atoms with E-state index in [1.807, 2.05) is 30.2 Å². The molecule has 0 aliphatic carbocycles. The van der Waals surface area contributed by atoms with Crippen LogP contribution in [0.4, 0.5) is 0 Å². The summed E-state index contributed by atoms with van der Waals surface area (Å²) in [5.74, 6) is 0.130. The van der Waals surface area contributed by atoms with Crippen LogP contribution in [0.15, 0.2) is 16.8 Å². The molecule has 4 atom stereocenters. The molecule has 19 heavy (non-hydrogen) atoms. The van der Waals surface area contributed by atoms with Gasteiger partial charge in [0.25, 0.3) is 0 Å². The van der Waals surface area contributed by atoms with E-state index in [9.17, 15) is 9.00 Å². The SMILES string of the molecule is CC1NC(c2ccsc2)N(CCC(C)S(C)=O)C1=O. The number of nitrogens with one attached hydrogen (secondary N) is 1. The Balaban J connectivity index is 2.06. The summed E-state index contributed by atoms with van der Waals surface area (Å²) in [6, 6.07) is 1.90. The molecule has 1 aromatic rings. The van der Waals surface area contributed by atoms with E-state index in [0.717, 1.165) is 12.0 Å². The summed E-state index contributed by atoms with van der Waals surface area (Å²) in [6.07, 6.45) is 2.45. The standard InChI is InChI=1S/C13H20N2O2S2/c1-9(19(3)17)4-6-15-12(11-5-7-18-8-11)14-10(2)13(15)16/h5,7-10,12,14H,4,6H2,1-3H3. The van der Waals surface area contributed by atoms with E-state index in [0.29, 0.717) is 6.54 Å². The molecule has 2 rings (SSSR count). The fraction of sp³-hybridized carbons (Fsp3) is 0.615. The van der Waals surface area contributed by atoms with Crippen molar-refractivity contribution in [3.05, 3.63) is 22.4 Å². The zero-order valence-electron chi connectivity index (χ0n) is 11.5. The average molecular weight is 300 g/mol. The highest BCUT2D eigenvalue weighted by Gasteiger charge is 2.37. The molecule has 4 unspecified atom stereocenters. The van der Waals surface area contributed by atoms with E-state index in [4.69, 9.17) is 0 Å². The lowest BCUT2D eigenvalue weighted by Crippen LogP contribution is -2.33. The zero-order chi connectivity index (χ0) is 14.0. The first-order valence-electron chi connectivity index (χ1n) is 6.41. The monoisotopic (exact) mass is 300 g/mol. The van der Waals surface area contributed by atoms with Crippen molar-refractivity contribution < 1.29 is 9.00 Å². The molecular weight excluding hydrogens is 280 g/mol. The van der Waals surface area contributed by atoms with Crippen LogP contribution in [0.25, 0.3) is 0 Å². The first-order chi connectivity index (χ1) is 9.00. The fourth-order valence-electron chi connectivity index (χ4n) is 2.21. The molecule has 2 heterocycles. The van der Waals surface area contributed by atoms with Gasteiger partial charge in [-0.1, -0.05) is 6.92 Å². The number of carbonyl (C=O) groups excluding carboxylic acids is 1. The first kappa shape index (κ1) is 14.7. The van der Waals surface area contributed by atoms with Crippen molar-refractivity contribution >= 4 is 28.0 Å². The van der Waals surface area contributed by atoms with Crippen molar-refractivity contribution in [1.29, 1.82) is 0 Å². The number of carbonyl (C=O) groups is 1. The summed E-state index contributed by atoms with van der Waals surface area (Å²) in [5.41, 5.74) is 1.13. The third-order valence-corrected chi connectivity index (χ3v) is 5.65. The van der Waals surface area contributed by atoms with E-state index in [2.05, 4.69) is 10.7 Å². The molecule has 4 nitrogen and oxygen atoms in total. The molecule has 106 valence electrons. The Labute approximate surface area is 120 Å². The van der Waals surface area contributed by atoms with E-state index in [1.54, 1.807) is 17.6 Å². The summed E-state index contributed by atoms with van der Waals surface area (Å²) in [6.45, 7) is 4.51. The van der Waals surface area contributed by atoms with Gasteiger partial charge in [0.05, 0.1) is 6.04 Å². The third kappa shape index (κ3) is 3.24. The highest BCUT2D eigenvalue weighted by atomic mass is 32.2.